The first-order valence-corrected chi connectivity index (χ1v) is 6.86. The summed E-state index contributed by atoms with van der Waals surface area (Å²) in [5.41, 5.74) is 0.497. The van der Waals surface area contributed by atoms with E-state index in [4.69, 9.17) is 11.6 Å². The standard InChI is InChI=1S/C14H16ClFN2O2/c1-3-12-14(20)18(8(2)13(19)17-12)7-9-6-10(16)4-5-11(9)15/h4-6,8,12H,3,7H2,1-2H3,(H,17,19). The van der Waals surface area contributed by atoms with Gasteiger partial charge >= 0.3 is 0 Å². The summed E-state index contributed by atoms with van der Waals surface area (Å²) in [6.45, 7) is 3.60. The van der Waals surface area contributed by atoms with Gasteiger partial charge in [0, 0.05) is 11.6 Å². The van der Waals surface area contributed by atoms with Crippen LogP contribution in [0.25, 0.3) is 0 Å². The largest absolute Gasteiger partial charge is 0.343 e. The molecular weight excluding hydrogens is 283 g/mol. The van der Waals surface area contributed by atoms with E-state index in [1.165, 1.54) is 23.1 Å². The monoisotopic (exact) mass is 298 g/mol. The summed E-state index contributed by atoms with van der Waals surface area (Å²) < 4.78 is 13.3. The second-order valence-electron chi connectivity index (χ2n) is 4.85. The van der Waals surface area contributed by atoms with Crippen molar-refractivity contribution in [1.82, 2.24) is 10.2 Å². The molecule has 0 aromatic heterocycles. The Labute approximate surface area is 121 Å². The average molecular weight is 299 g/mol. The Balaban J connectivity index is 2.27. The van der Waals surface area contributed by atoms with Crippen LogP contribution in [-0.4, -0.2) is 28.8 Å². The van der Waals surface area contributed by atoms with Crippen molar-refractivity contribution < 1.29 is 14.0 Å². The van der Waals surface area contributed by atoms with E-state index in [1.54, 1.807) is 6.92 Å². The molecule has 2 amide bonds. The number of rotatable bonds is 3. The maximum atomic E-state index is 13.3. The molecule has 0 spiro atoms. The molecule has 1 aliphatic rings. The maximum absolute atomic E-state index is 13.3. The lowest BCUT2D eigenvalue weighted by molar-refractivity contribution is -0.149. The van der Waals surface area contributed by atoms with Gasteiger partial charge in [-0.25, -0.2) is 4.39 Å². The summed E-state index contributed by atoms with van der Waals surface area (Å²) in [7, 11) is 0. The van der Waals surface area contributed by atoms with Gasteiger partial charge in [-0.3, -0.25) is 9.59 Å². The Bertz CT molecular complexity index is 550. The highest BCUT2D eigenvalue weighted by atomic mass is 35.5. The number of hydrogen-bond donors (Lipinski definition) is 1. The van der Waals surface area contributed by atoms with E-state index < -0.39 is 17.9 Å². The summed E-state index contributed by atoms with van der Waals surface area (Å²) in [6.07, 6.45) is 0.519. The van der Waals surface area contributed by atoms with Gasteiger partial charge in [-0.05, 0) is 37.1 Å². The molecule has 0 saturated carbocycles. The van der Waals surface area contributed by atoms with E-state index in [1.807, 2.05) is 6.92 Å². The number of amides is 2. The molecule has 20 heavy (non-hydrogen) atoms. The number of nitrogens with one attached hydrogen (secondary N) is 1. The van der Waals surface area contributed by atoms with Crippen LogP contribution in [0, 0.1) is 5.82 Å². The molecule has 1 heterocycles. The van der Waals surface area contributed by atoms with E-state index in [-0.39, 0.29) is 18.4 Å². The van der Waals surface area contributed by atoms with Crippen LogP contribution in [0.4, 0.5) is 4.39 Å². The topological polar surface area (TPSA) is 49.4 Å². The minimum absolute atomic E-state index is 0.126. The van der Waals surface area contributed by atoms with Crippen molar-refractivity contribution >= 4 is 23.4 Å². The lowest BCUT2D eigenvalue weighted by Crippen LogP contribution is -2.61. The van der Waals surface area contributed by atoms with Crippen LogP contribution < -0.4 is 5.32 Å². The molecule has 4 nitrogen and oxygen atoms in total. The van der Waals surface area contributed by atoms with Crippen molar-refractivity contribution in [3.8, 4) is 0 Å². The molecule has 108 valence electrons. The first-order chi connectivity index (χ1) is 9.43. The smallest absolute Gasteiger partial charge is 0.246 e. The zero-order valence-corrected chi connectivity index (χ0v) is 12.1. The third-order valence-corrected chi connectivity index (χ3v) is 3.87. The van der Waals surface area contributed by atoms with E-state index in [0.717, 1.165) is 0 Å². The zero-order chi connectivity index (χ0) is 14.9. The van der Waals surface area contributed by atoms with Gasteiger partial charge in [-0.1, -0.05) is 18.5 Å². The fourth-order valence-corrected chi connectivity index (χ4v) is 2.40. The number of hydrogen-bond acceptors (Lipinski definition) is 2. The third kappa shape index (κ3) is 2.77. The van der Waals surface area contributed by atoms with Crippen LogP contribution in [0.1, 0.15) is 25.8 Å². The lowest BCUT2D eigenvalue weighted by Gasteiger charge is -2.37. The molecule has 0 radical (unpaired) electrons. The summed E-state index contributed by atoms with van der Waals surface area (Å²) >= 11 is 6.01. The van der Waals surface area contributed by atoms with Crippen molar-refractivity contribution in [2.75, 3.05) is 0 Å². The SMILES string of the molecule is CCC1NC(=O)C(C)N(Cc2cc(F)ccc2Cl)C1=O. The van der Waals surface area contributed by atoms with Gasteiger partial charge in [-0.2, -0.15) is 0 Å². The van der Waals surface area contributed by atoms with Crippen molar-refractivity contribution in [1.29, 1.82) is 0 Å². The molecular formula is C14H16ClFN2O2. The number of carbonyl (C=O) groups excluding carboxylic acids is 2. The normalized spacial score (nSPS) is 22.9. The van der Waals surface area contributed by atoms with Crippen molar-refractivity contribution in [3.63, 3.8) is 0 Å². The Morgan fingerprint density at radius 2 is 2.10 bits per heavy atom. The first kappa shape index (κ1) is 14.8. The lowest BCUT2D eigenvalue weighted by atomic mass is 10.0. The highest BCUT2D eigenvalue weighted by Gasteiger charge is 2.37. The highest BCUT2D eigenvalue weighted by Crippen LogP contribution is 2.22. The minimum Gasteiger partial charge on any atom is -0.343 e. The van der Waals surface area contributed by atoms with Gasteiger partial charge in [0.15, 0.2) is 0 Å². The molecule has 1 aromatic rings. The second-order valence-corrected chi connectivity index (χ2v) is 5.25. The predicted molar refractivity (Wildman–Crippen MR) is 73.6 cm³/mol. The number of benzene rings is 1. The number of nitrogens with zero attached hydrogens (tertiary/aromatic N) is 1. The molecule has 2 rings (SSSR count). The fourth-order valence-electron chi connectivity index (χ4n) is 2.23. The van der Waals surface area contributed by atoms with E-state index >= 15 is 0 Å². The van der Waals surface area contributed by atoms with Gasteiger partial charge in [0.05, 0.1) is 0 Å². The van der Waals surface area contributed by atoms with Crippen molar-refractivity contribution in [2.45, 2.75) is 38.9 Å². The van der Waals surface area contributed by atoms with Gasteiger partial charge in [0.25, 0.3) is 0 Å². The Hall–Kier alpha value is -1.62. The molecule has 0 bridgehead atoms. The van der Waals surface area contributed by atoms with Crippen LogP contribution in [0.3, 0.4) is 0 Å². The van der Waals surface area contributed by atoms with Crippen LogP contribution >= 0.6 is 11.6 Å². The molecule has 0 aliphatic carbocycles. The third-order valence-electron chi connectivity index (χ3n) is 3.50. The molecule has 1 saturated heterocycles. The fraction of sp³-hybridized carbons (Fsp3) is 0.429. The average Bonchev–Trinajstić information content (AvgIpc) is 2.42. The van der Waals surface area contributed by atoms with E-state index in [2.05, 4.69) is 5.32 Å². The summed E-state index contributed by atoms with van der Waals surface area (Å²) in [4.78, 5) is 25.6. The maximum Gasteiger partial charge on any atom is 0.246 e. The van der Waals surface area contributed by atoms with E-state index in [0.29, 0.717) is 17.0 Å². The number of carbonyl (C=O) groups is 2. The second kappa shape index (κ2) is 5.79. The molecule has 1 aromatic carbocycles. The van der Waals surface area contributed by atoms with Crippen molar-refractivity contribution in [2.24, 2.45) is 0 Å². The predicted octanol–water partition coefficient (Wildman–Crippen LogP) is 2.10. The van der Waals surface area contributed by atoms with Crippen molar-refractivity contribution in [3.05, 3.63) is 34.6 Å². The number of piperazine rings is 1. The Morgan fingerprint density at radius 1 is 1.40 bits per heavy atom. The van der Waals surface area contributed by atoms with Crippen LogP contribution in [0.2, 0.25) is 5.02 Å². The molecule has 6 heteroatoms. The highest BCUT2D eigenvalue weighted by molar-refractivity contribution is 6.31. The van der Waals surface area contributed by atoms with Gasteiger partial charge in [0.2, 0.25) is 11.8 Å². The van der Waals surface area contributed by atoms with Crippen LogP contribution in [0.15, 0.2) is 18.2 Å². The number of halogens is 2. The van der Waals surface area contributed by atoms with E-state index in [9.17, 15) is 14.0 Å². The summed E-state index contributed by atoms with van der Waals surface area (Å²) in [5.74, 6) is -0.790. The van der Waals surface area contributed by atoms with Crippen LogP contribution in [0.5, 0.6) is 0 Å². The van der Waals surface area contributed by atoms with Gasteiger partial charge < -0.3 is 10.2 Å². The quantitative estimate of drug-likeness (QED) is 0.929. The minimum atomic E-state index is -0.593. The Kier molecular flexibility index (Phi) is 4.28. The molecule has 1 aliphatic heterocycles. The van der Waals surface area contributed by atoms with Crippen LogP contribution in [-0.2, 0) is 16.1 Å². The van der Waals surface area contributed by atoms with Gasteiger partial charge in [-0.15, -0.1) is 0 Å². The first-order valence-electron chi connectivity index (χ1n) is 6.48. The molecule has 2 atom stereocenters. The zero-order valence-electron chi connectivity index (χ0n) is 11.3. The molecule has 2 unspecified atom stereocenters. The molecule has 1 N–H and O–H groups in total. The molecule has 1 fully saturated rings. The summed E-state index contributed by atoms with van der Waals surface area (Å²) in [5, 5.41) is 3.05. The summed E-state index contributed by atoms with van der Waals surface area (Å²) in [6, 6.07) is 2.88. The van der Waals surface area contributed by atoms with Gasteiger partial charge in [0.1, 0.15) is 17.9 Å². The Morgan fingerprint density at radius 3 is 2.75 bits per heavy atom.